The molecule has 3 aliphatic rings. The van der Waals surface area contributed by atoms with Crippen molar-refractivity contribution in [3.8, 4) is 5.75 Å². The van der Waals surface area contributed by atoms with Crippen LogP contribution in [0.5, 0.6) is 5.75 Å². The van der Waals surface area contributed by atoms with Gasteiger partial charge in [-0.15, -0.1) is 0 Å². The summed E-state index contributed by atoms with van der Waals surface area (Å²) in [6.07, 6.45) is 3.48. The van der Waals surface area contributed by atoms with E-state index < -0.39 is 0 Å². The summed E-state index contributed by atoms with van der Waals surface area (Å²) in [6.45, 7) is 7.97. The number of aromatic amines is 1. The second-order valence-corrected chi connectivity index (χ2v) is 11.5. The first-order chi connectivity index (χ1) is 16.4. The predicted molar refractivity (Wildman–Crippen MR) is 137 cm³/mol. The number of rotatable bonds is 5. The van der Waals surface area contributed by atoms with Crippen LogP contribution in [0.4, 0.5) is 0 Å². The second kappa shape index (κ2) is 8.51. The molecule has 2 unspecified atom stereocenters. The van der Waals surface area contributed by atoms with E-state index in [-0.39, 0.29) is 11.2 Å². The predicted octanol–water partition coefficient (Wildman–Crippen LogP) is 5.58. The van der Waals surface area contributed by atoms with Crippen LogP contribution in [0, 0.1) is 11.8 Å². The van der Waals surface area contributed by atoms with Crippen molar-refractivity contribution < 1.29 is 14.3 Å². The number of carbonyl (C=O) groups excluding carboxylic acids is 1. The topological polar surface area (TPSA) is 63.4 Å². The summed E-state index contributed by atoms with van der Waals surface area (Å²) in [4.78, 5) is 17.1. The standard InChI is InChI=1S/C28H31BrN2O3/c1-28(2)22-13-19(34-10-8-16-7-9-30-23(11-16)17-14-33-15-17)4-6-20(22)26(32)25-21-5-3-18(29)12-24(21)31-27(25)28/h3-6,12-13,16-17,23,30-31H,7-11,14-15H2,1-2H3. The lowest BCUT2D eigenvalue weighted by molar-refractivity contribution is -0.0571. The summed E-state index contributed by atoms with van der Waals surface area (Å²) in [5, 5.41) is 4.65. The number of H-pyrrole nitrogens is 1. The maximum Gasteiger partial charge on any atom is 0.195 e. The van der Waals surface area contributed by atoms with E-state index >= 15 is 0 Å². The minimum absolute atomic E-state index is 0.0881. The Morgan fingerprint density at radius 1 is 1.18 bits per heavy atom. The molecule has 6 rings (SSSR count). The monoisotopic (exact) mass is 522 g/mol. The number of carbonyl (C=O) groups is 1. The number of benzene rings is 2. The number of halogens is 1. The van der Waals surface area contributed by atoms with E-state index in [0.717, 1.165) is 69.7 Å². The fourth-order valence-corrected chi connectivity index (χ4v) is 6.32. The summed E-state index contributed by atoms with van der Waals surface area (Å²) in [5.41, 5.74) is 4.25. The van der Waals surface area contributed by atoms with Gasteiger partial charge in [-0.2, -0.15) is 0 Å². The molecule has 0 spiro atoms. The molecule has 1 aliphatic carbocycles. The molecule has 6 heteroatoms. The van der Waals surface area contributed by atoms with E-state index in [0.29, 0.717) is 24.5 Å². The normalized spacial score (nSPS) is 23.9. The molecule has 178 valence electrons. The number of ketones is 1. The summed E-state index contributed by atoms with van der Waals surface area (Å²) < 4.78 is 12.6. The van der Waals surface area contributed by atoms with E-state index in [9.17, 15) is 4.79 Å². The molecule has 2 fully saturated rings. The number of hydrogen-bond acceptors (Lipinski definition) is 4. The Bertz CT molecular complexity index is 1260. The van der Waals surface area contributed by atoms with E-state index in [1.54, 1.807) is 0 Å². The largest absolute Gasteiger partial charge is 0.494 e. The van der Waals surface area contributed by atoms with Crippen molar-refractivity contribution in [2.75, 3.05) is 26.4 Å². The Hall–Kier alpha value is -2.15. The number of hydrogen-bond donors (Lipinski definition) is 2. The van der Waals surface area contributed by atoms with Crippen molar-refractivity contribution in [1.82, 2.24) is 10.3 Å². The van der Waals surface area contributed by atoms with Crippen LogP contribution in [0.2, 0.25) is 0 Å². The van der Waals surface area contributed by atoms with Gasteiger partial charge in [0.1, 0.15) is 5.75 Å². The van der Waals surface area contributed by atoms with Crippen LogP contribution in [-0.2, 0) is 10.2 Å². The highest BCUT2D eigenvalue weighted by Gasteiger charge is 2.40. The first-order valence-electron chi connectivity index (χ1n) is 12.4. The van der Waals surface area contributed by atoms with Crippen LogP contribution in [0.25, 0.3) is 10.9 Å². The maximum atomic E-state index is 13.5. The average Bonchev–Trinajstić information content (AvgIpc) is 3.17. The lowest BCUT2D eigenvalue weighted by Gasteiger charge is -2.39. The average molecular weight is 523 g/mol. The van der Waals surface area contributed by atoms with Crippen molar-refractivity contribution in [1.29, 1.82) is 0 Å². The molecule has 0 saturated carbocycles. The van der Waals surface area contributed by atoms with Gasteiger partial charge in [0.15, 0.2) is 5.78 Å². The number of piperidine rings is 1. The SMILES string of the molecule is CC1(C)c2cc(OCCC3CCNC(C4COC4)C3)ccc2C(=O)c2c1[nH]c1cc(Br)ccc21. The highest BCUT2D eigenvalue weighted by Crippen LogP contribution is 2.45. The molecule has 3 aromatic rings. The Balaban J connectivity index is 1.20. The first kappa shape index (κ1) is 22.3. The number of fused-ring (bicyclic) bond motifs is 4. The molecule has 34 heavy (non-hydrogen) atoms. The smallest absolute Gasteiger partial charge is 0.195 e. The minimum atomic E-state index is -0.323. The van der Waals surface area contributed by atoms with E-state index in [2.05, 4.69) is 46.1 Å². The van der Waals surface area contributed by atoms with Crippen LogP contribution >= 0.6 is 15.9 Å². The third kappa shape index (κ3) is 3.71. The summed E-state index contributed by atoms with van der Waals surface area (Å²) in [7, 11) is 0. The van der Waals surface area contributed by atoms with Crippen LogP contribution in [-0.4, -0.2) is 43.2 Å². The molecule has 5 nitrogen and oxygen atoms in total. The number of ether oxygens (including phenoxy) is 2. The zero-order valence-corrected chi connectivity index (χ0v) is 21.3. The molecule has 0 radical (unpaired) electrons. The molecule has 2 saturated heterocycles. The van der Waals surface area contributed by atoms with Crippen LogP contribution in [0.15, 0.2) is 40.9 Å². The van der Waals surface area contributed by atoms with E-state index in [1.165, 1.54) is 12.8 Å². The summed E-state index contributed by atoms with van der Waals surface area (Å²) in [5.74, 6) is 2.31. The van der Waals surface area contributed by atoms with Gasteiger partial charge in [-0.1, -0.05) is 35.8 Å². The summed E-state index contributed by atoms with van der Waals surface area (Å²) >= 11 is 3.55. The van der Waals surface area contributed by atoms with Crippen molar-refractivity contribution in [2.45, 2.75) is 44.6 Å². The van der Waals surface area contributed by atoms with Gasteiger partial charge in [-0.05, 0) is 67.6 Å². The van der Waals surface area contributed by atoms with Gasteiger partial charge in [0, 0.05) is 44.0 Å². The second-order valence-electron chi connectivity index (χ2n) is 10.6. The highest BCUT2D eigenvalue weighted by atomic mass is 79.9. The molecular formula is C28H31BrN2O3. The van der Waals surface area contributed by atoms with Gasteiger partial charge in [0.2, 0.25) is 0 Å². The van der Waals surface area contributed by atoms with E-state index in [1.807, 2.05) is 30.3 Å². The highest BCUT2D eigenvalue weighted by molar-refractivity contribution is 9.10. The zero-order chi connectivity index (χ0) is 23.4. The maximum absolute atomic E-state index is 13.5. The lowest BCUT2D eigenvalue weighted by atomic mass is 9.71. The van der Waals surface area contributed by atoms with Crippen molar-refractivity contribution in [3.05, 3.63) is 63.3 Å². The van der Waals surface area contributed by atoms with Crippen LogP contribution < -0.4 is 10.1 Å². The molecule has 2 aromatic carbocycles. The fraction of sp³-hybridized carbons (Fsp3) is 0.464. The molecule has 2 aliphatic heterocycles. The molecule has 1 aromatic heterocycles. The Kier molecular flexibility index (Phi) is 5.58. The van der Waals surface area contributed by atoms with Gasteiger partial charge in [-0.25, -0.2) is 0 Å². The number of aromatic nitrogens is 1. The lowest BCUT2D eigenvalue weighted by Crippen LogP contribution is -2.50. The van der Waals surface area contributed by atoms with Gasteiger partial charge in [-0.3, -0.25) is 4.79 Å². The molecule has 3 heterocycles. The van der Waals surface area contributed by atoms with Crippen LogP contribution in [0.1, 0.15) is 60.3 Å². The Labute approximate surface area is 208 Å². The zero-order valence-electron chi connectivity index (χ0n) is 19.7. The van der Waals surface area contributed by atoms with Gasteiger partial charge in [0.25, 0.3) is 0 Å². The first-order valence-corrected chi connectivity index (χ1v) is 13.2. The Morgan fingerprint density at radius 3 is 2.82 bits per heavy atom. The molecule has 0 bridgehead atoms. The van der Waals surface area contributed by atoms with Crippen molar-refractivity contribution in [3.63, 3.8) is 0 Å². The van der Waals surface area contributed by atoms with Gasteiger partial charge >= 0.3 is 0 Å². The fourth-order valence-electron chi connectivity index (χ4n) is 5.96. The van der Waals surface area contributed by atoms with Gasteiger partial charge in [0.05, 0.1) is 25.4 Å². The summed E-state index contributed by atoms with van der Waals surface area (Å²) in [6, 6.07) is 12.6. The van der Waals surface area contributed by atoms with E-state index in [4.69, 9.17) is 9.47 Å². The van der Waals surface area contributed by atoms with Crippen LogP contribution in [0.3, 0.4) is 0 Å². The minimum Gasteiger partial charge on any atom is -0.494 e. The molecule has 0 amide bonds. The molecule has 2 atom stereocenters. The third-order valence-corrected chi connectivity index (χ3v) is 8.59. The molecule has 2 N–H and O–H groups in total. The number of nitrogens with one attached hydrogen (secondary N) is 2. The van der Waals surface area contributed by atoms with Gasteiger partial charge < -0.3 is 19.8 Å². The van der Waals surface area contributed by atoms with Crippen molar-refractivity contribution >= 4 is 32.6 Å². The quantitative estimate of drug-likeness (QED) is 0.458. The Morgan fingerprint density at radius 2 is 2.03 bits per heavy atom. The van der Waals surface area contributed by atoms with Crippen molar-refractivity contribution in [2.24, 2.45) is 11.8 Å². The molecular weight excluding hydrogens is 492 g/mol. The third-order valence-electron chi connectivity index (χ3n) is 8.10.